The van der Waals surface area contributed by atoms with Gasteiger partial charge in [-0.25, -0.2) is 4.39 Å². The summed E-state index contributed by atoms with van der Waals surface area (Å²) in [4.78, 5) is 15.1. The highest BCUT2D eigenvalue weighted by molar-refractivity contribution is 5.94. The Bertz CT molecular complexity index is 1020. The van der Waals surface area contributed by atoms with Crippen molar-refractivity contribution in [3.8, 4) is 0 Å². The molecule has 1 aliphatic carbocycles. The highest BCUT2D eigenvalue weighted by atomic mass is 19.4. The highest BCUT2D eigenvalue weighted by Crippen LogP contribution is 2.30. The highest BCUT2D eigenvalue weighted by Gasteiger charge is 2.32. The monoisotopic (exact) mass is 483 g/mol. The van der Waals surface area contributed by atoms with E-state index in [1.165, 1.54) is 0 Å². The quantitative estimate of drug-likeness (QED) is 0.592. The zero-order valence-corrected chi connectivity index (χ0v) is 19.1. The van der Waals surface area contributed by atoms with Crippen molar-refractivity contribution in [1.29, 1.82) is 0 Å². The van der Waals surface area contributed by atoms with Crippen LogP contribution in [0.2, 0.25) is 0 Å². The maximum atomic E-state index is 13.7. The molecule has 4 rings (SSSR count). The van der Waals surface area contributed by atoms with Crippen LogP contribution in [0.3, 0.4) is 0 Å². The Kier molecular flexibility index (Phi) is 7.54. The van der Waals surface area contributed by atoms with E-state index in [1.807, 2.05) is 7.05 Å². The number of halogens is 4. The van der Waals surface area contributed by atoms with Crippen LogP contribution in [0, 0.1) is 5.82 Å². The average Bonchev–Trinajstić information content (AvgIpc) is 3.13. The van der Waals surface area contributed by atoms with E-state index in [1.54, 1.807) is 4.68 Å². The lowest BCUT2D eigenvalue weighted by Crippen LogP contribution is -2.41. The number of nitrogens with one attached hydrogen (secondary N) is 2. The summed E-state index contributed by atoms with van der Waals surface area (Å²) in [6.45, 7) is 4.43. The third-order valence-electron chi connectivity index (χ3n) is 6.37. The number of carbonyl (C=O) groups is 1. The SMILES string of the molecule is Cn1nc(C(=O)NCCN2CCOCC2)c2c1CCC(NCc1cc(F)cc(C(F)(F)F)c1)C2. The predicted molar refractivity (Wildman–Crippen MR) is 117 cm³/mol. The Balaban J connectivity index is 1.36. The van der Waals surface area contributed by atoms with Crippen molar-refractivity contribution in [1.82, 2.24) is 25.3 Å². The van der Waals surface area contributed by atoms with Gasteiger partial charge in [0.05, 0.1) is 18.8 Å². The number of hydrogen-bond acceptors (Lipinski definition) is 5. The molecule has 1 unspecified atom stereocenters. The number of morpholine rings is 1. The smallest absolute Gasteiger partial charge is 0.379 e. The van der Waals surface area contributed by atoms with Crippen LogP contribution in [0.4, 0.5) is 17.6 Å². The van der Waals surface area contributed by atoms with Gasteiger partial charge in [-0.15, -0.1) is 0 Å². The molecule has 2 aliphatic rings. The van der Waals surface area contributed by atoms with E-state index in [9.17, 15) is 22.4 Å². The molecule has 7 nitrogen and oxygen atoms in total. The molecule has 0 radical (unpaired) electrons. The first-order valence-corrected chi connectivity index (χ1v) is 11.4. The maximum Gasteiger partial charge on any atom is 0.416 e. The third kappa shape index (κ3) is 5.94. The molecule has 1 amide bonds. The molecule has 2 heterocycles. The van der Waals surface area contributed by atoms with Crippen molar-refractivity contribution in [2.75, 3.05) is 39.4 Å². The Labute approximate surface area is 195 Å². The summed E-state index contributed by atoms with van der Waals surface area (Å²) in [5.74, 6) is -1.15. The zero-order chi connectivity index (χ0) is 24.3. The molecule has 34 heavy (non-hydrogen) atoms. The van der Waals surface area contributed by atoms with Crippen LogP contribution in [0.15, 0.2) is 18.2 Å². The topological polar surface area (TPSA) is 71.4 Å². The average molecular weight is 484 g/mol. The van der Waals surface area contributed by atoms with Crippen molar-refractivity contribution in [2.24, 2.45) is 7.05 Å². The summed E-state index contributed by atoms with van der Waals surface area (Å²) in [5.41, 5.74) is 1.45. The molecular formula is C23H29F4N5O2. The number of rotatable bonds is 7. The molecule has 0 saturated carbocycles. The number of amides is 1. The first-order chi connectivity index (χ1) is 16.2. The van der Waals surface area contributed by atoms with Gasteiger partial charge in [0.2, 0.25) is 0 Å². The molecule has 2 N–H and O–H groups in total. The van der Waals surface area contributed by atoms with Crippen molar-refractivity contribution in [2.45, 2.75) is 38.0 Å². The van der Waals surface area contributed by atoms with Gasteiger partial charge in [-0.3, -0.25) is 14.4 Å². The molecule has 11 heteroatoms. The summed E-state index contributed by atoms with van der Waals surface area (Å²) >= 11 is 0. The second-order valence-electron chi connectivity index (χ2n) is 8.77. The van der Waals surface area contributed by atoms with Gasteiger partial charge in [0.1, 0.15) is 5.82 Å². The van der Waals surface area contributed by atoms with Gasteiger partial charge in [0.25, 0.3) is 5.91 Å². The number of aryl methyl sites for hydroxylation is 1. The normalized spacial score (nSPS) is 19.1. The molecule has 1 atom stereocenters. The minimum Gasteiger partial charge on any atom is -0.379 e. The van der Waals surface area contributed by atoms with E-state index in [0.29, 0.717) is 44.4 Å². The number of benzene rings is 1. The van der Waals surface area contributed by atoms with E-state index < -0.39 is 17.6 Å². The lowest BCUT2D eigenvalue weighted by atomic mass is 9.91. The molecule has 1 saturated heterocycles. The Morgan fingerprint density at radius 2 is 2.00 bits per heavy atom. The van der Waals surface area contributed by atoms with E-state index >= 15 is 0 Å². The zero-order valence-electron chi connectivity index (χ0n) is 19.1. The number of ether oxygens (including phenoxy) is 1. The summed E-state index contributed by atoms with van der Waals surface area (Å²) in [6, 6.07) is 2.50. The van der Waals surface area contributed by atoms with Crippen molar-refractivity contribution >= 4 is 5.91 Å². The lowest BCUT2D eigenvalue weighted by molar-refractivity contribution is -0.137. The molecule has 0 bridgehead atoms. The van der Waals surface area contributed by atoms with E-state index in [2.05, 4.69) is 20.6 Å². The molecule has 1 aliphatic heterocycles. The van der Waals surface area contributed by atoms with Crippen molar-refractivity contribution in [3.63, 3.8) is 0 Å². The summed E-state index contributed by atoms with van der Waals surface area (Å²) in [7, 11) is 1.81. The van der Waals surface area contributed by atoms with Crippen LogP contribution in [-0.2, 0) is 37.3 Å². The Morgan fingerprint density at radius 1 is 1.24 bits per heavy atom. The van der Waals surface area contributed by atoms with Crippen LogP contribution in [-0.4, -0.2) is 66.0 Å². The Hall–Kier alpha value is -2.50. The number of nitrogens with zero attached hydrogens (tertiary/aromatic N) is 3. The van der Waals surface area contributed by atoms with Crippen LogP contribution < -0.4 is 10.6 Å². The van der Waals surface area contributed by atoms with Gasteiger partial charge < -0.3 is 15.4 Å². The van der Waals surface area contributed by atoms with Gasteiger partial charge in [0.15, 0.2) is 5.69 Å². The minimum absolute atomic E-state index is 0.0609. The second kappa shape index (κ2) is 10.4. The fourth-order valence-electron chi connectivity index (χ4n) is 4.56. The molecule has 0 spiro atoms. The summed E-state index contributed by atoms with van der Waals surface area (Å²) in [6.07, 6.45) is -2.65. The van der Waals surface area contributed by atoms with E-state index in [-0.39, 0.29) is 24.1 Å². The fraction of sp³-hybridized carbons (Fsp3) is 0.565. The van der Waals surface area contributed by atoms with Crippen LogP contribution >= 0.6 is 0 Å². The number of aromatic nitrogens is 2. The number of fused-ring (bicyclic) bond motifs is 1. The Morgan fingerprint density at radius 3 is 2.74 bits per heavy atom. The third-order valence-corrected chi connectivity index (χ3v) is 6.37. The molecular weight excluding hydrogens is 454 g/mol. The van der Waals surface area contributed by atoms with Crippen molar-refractivity contribution in [3.05, 3.63) is 52.1 Å². The van der Waals surface area contributed by atoms with Gasteiger partial charge in [-0.05, 0) is 43.0 Å². The number of alkyl halides is 3. The summed E-state index contributed by atoms with van der Waals surface area (Å²) in [5, 5.41) is 10.6. The molecule has 2 aromatic rings. The first kappa shape index (κ1) is 24.6. The number of carbonyl (C=O) groups excluding carboxylic acids is 1. The number of hydrogen-bond donors (Lipinski definition) is 2. The minimum atomic E-state index is -4.60. The maximum absolute atomic E-state index is 13.7. The molecule has 186 valence electrons. The molecule has 1 fully saturated rings. The van der Waals surface area contributed by atoms with Gasteiger partial charge >= 0.3 is 6.18 Å². The first-order valence-electron chi connectivity index (χ1n) is 11.4. The van der Waals surface area contributed by atoms with E-state index in [4.69, 9.17) is 4.74 Å². The van der Waals surface area contributed by atoms with Crippen LogP contribution in [0.5, 0.6) is 0 Å². The van der Waals surface area contributed by atoms with Crippen LogP contribution in [0.25, 0.3) is 0 Å². The fourth-order valence-corrected chi connectivity index (χ4v) is 4.56. The van der Waals surface area contributed by atoms with E-state index in [0.717, 1.165) is 49.4 Å². The van der Waals surface area contributed by atoms with Crippen molar-refractivity contribution < 1.29 is 27.1 Å². The summed E-state index contributed by atoms with van der Waals surface area (Å²) < 4.78 is 59.7. The predicted octanol–water partition coefficient (Wildman–Crippen LogP) is 2.29. The van der Waals surface area contributed by atoms with Gasteiger partial charge in [-0.1, -0.05) is 0 Å². The molecule has 1 aromatic heterocycles. The van der Waals surface area contributed by atoms with Gasteiger partial charge in [0, 0.05) is 57.1 Å². The van der Waals surface area contributed by atoms with Crippen LogP contribution in [0.1, 0.15) is 39.3 Å². The second-order valence-corrected chi connectivity index (χ2v) is 8.77. The van der Waals surface area contributed by atoms with Gasteiger partial charge in [-0.2, -0.15) is 18.3 Å². The lowest BCUT2D eigenvalue weighted by Gasteiger charge is -2.26. The molecule has 1 aromatic carbocycles. The largest absolute Gasteiger partial charge is 0.416 e. The standard InChI is InChI=1S/C23H29F4N5O2/c1-31-20-3-2-18(29-14-15-10-16(23(25,26)27)12-17(24)11-15)13-19(20)21(30-31)22(33)28-4-5-32-6-8-34-9-7-32/h10-12,18,29H,2-9,13-14H2,1H3,(H,28,33).